The van der Waals surface area contributed by atoms with Gasteiger partial charge in [-0.1, -0.05) is 19.1 Å². The second kappa shape index (κ2) is 7.00. The number of hydrogen-bond donors (Lipinski definition) is 2. The van der Waals surface area contributed by atoms with Gasteiger partial charge in [0.25, 0.3) is 0 Å². The van der Waals surface area contributed by atoms with E-state index < -0.39 is 0 Å². The molecule has 3 aromatic rings. The van der Waals surface area contributed by atoms with Crippen LogP contribution in [-0.2, 0) is 0 Å². The van der Waals surface area contributed by atoms with E-state index >= 15 is 0 Å². The summed E-state index contributed by atoms with van der Waals surface area (Å²) in [5, 5.41) is 4.45. The molecule has 1 fully saturated rings. The fourth-order valence-corrected chi connectivity index (χ4v) is 3.59. The number of nitrogens with one attached hydrogen (secondary N) is 2. The summed E-state index contributed by atoms with van der Waals surface area (Å²) in [7, 11) is 1.68. The number of aromatic amines is 1. The number of fused-ring (bicyclic) bond motifs is 1. The van der Waals surface area contributed by atoms with Crippen LogP contribution < -0.4 is 14.8 Å². The average Bonchev–Trinajstić information content (AvgIpc) is 3.12. The van der Waals surface area contributed by atoms with Crippen LogP contribution in [0.15, 0.2) is 42.7 Å². The van der Waals surface area contributed by atoms with Crippen molar-refractivity contribution < 1.29 is 9.47 Å². The van der Waals surface area contributed by atoms with Gasteiger partial charge in [-0.2, -0.15) is 0 Å². The van der Waals surface area contributed by atoms with Crippen molar-refractivity contribution >= 4 is 11.0 Å². The molecule has 0 amide bonds. The zero-order valence-electron chi connectivity index (χ0n) is 15.3. The average molecular weight is 351 g/mol. The topological polar surface area (TPSA) is 59.2 Å². The van der Waals surface area contributed by atoms with Crippen molar-refractivity contribution in [2.45, 2.75) is 19.8 Å². The predicted octanol–water partition coefficient (Wildman–Crippen LogP) is 4.01. The fraction of sp³-hybridized carbons (Fsp3) is 0.381. The molecule has 0 bridgehead atoms. The lowest BCUT2D eigenvalue weighted by molar-refractivity contribution is 0.124. The van der Waals surface area contributed by atoms with Crippen molar-refractivity contribution in [2.75, 3.05) is 26.8 Å². The van der Waals surface area contributed by atoms with Gasteiger partial charge in [-0.3, -0.25) is 0 Å². The Bertz CT molecular complexity index is 897. The third-order valence-electron chi connectivity index (χ3n) is 5.30. The minimum atomic E-state index is 0.216. The maximum atomic E-state index is 6.32. The normalized spacial score (nSPS) is 16.5. The Kier molecular flexibility index (Phi) is 4.55. The second-order valence-corrected chi connectivity index (χ2v) is 7.32. The van der Waals surface area contributed by atoms with E-state index in [4.69, 9.17) is 9.47 Å². The molecule has 3 heterocycles. The fourth-order valence-electron chi connectivity index (χ4n) is 3.59. The van der Waals surface area contributed by atoms with Crippen LogP contribution in [0, 0.1) is 5.41 Å². The van der Waals surface area contributed by atoms with Crippen molar-refractivity contribution in [1.29, 1.82) is 0 Å². The number of ether oxygens (including phenoxy) is 2. The van der Waals surface area contributed by atoms with Gasteiger partial charge in [-0.25, -0.2) is 4.98 Å². The van der Waals surface area contributed by atoms with Crippen LogP contribution in [0.4, 0.5) is 0 Å². The molecule has 0 saturated carbocycles. The molecular weight excluding hydrogens is 326 g/mol. The minimum Gasteiger partial charge on any atom is -0.497 e. The highest BCUT2D eigenvalue weighted by Crippen LogP contribution is 2.37. The number of benzene rings is 1. The Hall–Kier alpha value is -2.53. The highest BCUT2D eigenvalue weighted by molar-refractivity contribution is 5.98. The number of hydrogen-bond acceptors (Lipinski definition) is 4. The summed E-state index contributed by atoms with van der Waals surface area (Å²) in [5.74, 6) is 1.72. The molecule has 0 spiro atoms. The molecule has 5 heteroatoms. The molecular formula is C21H25N3O2. The molecule has 1 saturated heterocycles. The second-order valence-electron chi connectivity index (χ2n) is 7.32. The zero-order chi connectivity index (χ0) is 18.0. The third-order valence-corrected chi connectivity index (χ3v) is 5.30. The van der Waals surface area contributed by atoms with E-state index in [1.165, 1.54) is 0 Å². The maximum Gasteiger partial charge on any atom is 0.141 e. The van der Waals surface area contributed by atoms with Crippen molar-refractivity contribution in [3.8, 4) is 22.6 Å². The molecule has 5 nitrogen and oxygen atoms in total. The lowest BCUT2D eigenvalue weighted by atomic mass is 9.82. The number of rotatable bonds is 5. The Morgan fingerprint density at radius 1 is 1.19 bits per heavy atom. The smallest absolute Gasteiger partial charge is 0.141 e. The van der Waals surface area contributed by atoms with Gasteiger partial charge in [0.1, 0.15) is 17.1 Å². The largest absolute Gasteiger partial charge is 0.497 e. The summed E-state index contributed by atoms with van der Waals surface area (Å²) < 4.78 is 11.7. The molecule has 1 aromatic carbocycles. The van der Waals surface area contributed by atoms with Gasteiger partial charge in [0.15, 0.2) is 0 Å². The SMILES string of the molecule is COc1cccc(-c2c[nH]c3nccc(OCC4(C)CCNCC4)c23)c1. The van der Waals surface area contributed by atoms with E-state index in [1.54, 1.807) is 13.3 Å². The van der Waals surface area contributed by atoms with Crippen molar-refractivity contribution in [3.05, 3.63) is 42.7 Å². The van der Waals surface area contributed by atoms with E-state index in [-0.39, 0.29) is 5.41 Å². The van der Waals surface area contributed by atoms with Crippen LogP contribution >= 0.6 is 0 Å². The molecule has 2 aromatic heterocycles. The van der Waals surface area contributed by atoms with Gasteiger partial charge >= 0.3 is 0 Å². The number of nitrogens with zero attached hydrogens (tertiary/aromatic N) is 1. The Morgan fingerprint density at radius 2 is 2.04 bits per heavy atom. The van der Waals surface area contributed by atoms with E-state index in [2.05, 4.69) is 28.3 Å². The molecule has 0 radical (unpaired) electrons. The van der Waals surface area contributed by atoms with Crippen molar-refractivity contribution in [3.63, 3.8) is 0 Å². The maximum absolute atomic E-state index is 6.32. The van der Waals surface area contributed by atoms with Gasteiger partial charge in [-0.05, 0) is 49.7 Å². The van der Waals surface area contributed by atoms with Crippen molar-refractivity contribution in [1.82, 2.24) is 15.3 Å². The van der Waals surface area contributed by atoms with Crippen LogP contribution in [0.2, 0.25) is 0 Å². The predicted molar refractivity (Wildman–Crippen MR) is 104 cm³/mol. The molecule has 136 valence electrons. The molecule has 2 N–H and O–H groups in total. The molecule has 0 unspecified atom stereocenters. The van der Waals surface area contributed by atoms with E-state index in [0.29, 0.717) is 0 Å². The standard InChI is InChI=1S/C21H25N3O2/c1-21(7-10-22-11-8-21)14-26-18-6-9-23-20-19(18)17(13-24-20)15-4-3-5-16(12-15)25-2/h3-6,9,12-13,22H,7-8,10-11,14H2,1-2H3,(H,23,24). The van der Waals surface area contributed by atoms with Gasteiger partial charge < -0.3 is 19.8 Å². The summed E-state index contributed by atoms with van der Waals surface area (Å²) in [6, 6.07) is 10.0. The van der Waals surface area contributed by atoms with E-state index in [1.807, 2.05) is 30.5 Å². The van der Waals surface area contributed by atoms with Gasteiger partial charge in [0, 0.05) is 23.4 Å². The Labute approximate surface area is 153 Å². The third kappa shape index (κ3) is 3.27. The van der Waals surface area contributed by atoms with Crippen LogP contribution in [0.5, 0.6) is 11.5 Å². The Morgan fingerprint density at radius 3 is 2.85 bits per heavy atom. The van der Waals surface area contributed by atoms with Gasteiger partial charge in [0.2, 0.25) is 0 Å². The number of aromatic nitrogens is 2. The zero-order valence-corrected chi connectivity index (χ0v) is 15.3. The van der Waals surface area contributed by atoms with Crippen LogP contribution in [0.25, 0.3) is 22.2 Å². The first-order valence-corrected chi connectivity index (χ1v) is 9.13. The molecule has 26 heavy (non-hydrogen) atoms. The van der Waals surface area contributed by atoms with Gasteiger partial charge in [-0.15, -0.1) is 0 Å². The summed E-state index contributed by atoms with van der Waals surface area (Å²) in [6.07, 6.45) is 6.06. The number of methoxy groups -OCH3 is 1. The highest BCUT2D eigenvalue weighted by atomic mass is 16.5. The Balaban J connectivity index is 1.68. The number of pyridine rings is 1. The first-order valence-electron chi connectivity index (χ1n) is 9.13. The number of H-pyrrole nitrogens is 1. The van der Waals surface area contributed by atoms with Crippen LogP contribution in [0.1, 0.15) is 19.8 Å². The summed E-state index contributed by atoms with van der Waals surface area (Å²) in [4.78, 5) is 7.74. The minimum absolute atomic E-state index is 0.216. The van der Waals surface area contributed by atoms with Crippen LogP contribution in [0.3, 0.4) is 0 Å². The molecule has 1 aliphatic heterocycles. The van der Waals surface area contributed by atoms with Gasteiger partial charge in [0.05, 0.1) is 19.1 Å². The highest BCUT2D eigenvalue weighted by Gasteiger charge is 2.28. The summed E-state index contributed by atoms with van der Waals surface area (Å²) in [5.41, 5.74) is 3.22. The quantitative estimate of drug-likeness (QED) is 0.729. The van der Waals surface area contributed by atoms with E-state index in [9.17, 15) is 0 Å². The number of piperidine rings is 1. The van der Waals surface area contributed by atoms with Crippen molar-refractivity contribution in [2.24, 2.45) is 5.41 Å². The summed E-state index contributed by atoms with van der Waals surface area (Å²) in [6.45, 7) is 5.15. The van der Waals surface area contributed by atoms with E-state index in [0.717, 1.165) is 66.2 Å². The lowest BCUT2D eigenvalue weighted by Gasteiger charge is -2.33. The molecule has 0 aliphatic carbocycles. The first-order chi connectivity index (χ1) is 12.7. The lowest BCUT2D eigenvalue weighted by Crippen LogP contribution is -2.38. The molecule has 4 rings (SSSR count). The first kappa shape index (κ1) is 16.9. The van der Waals surface area contributed by atoms with Crippen LogP contribution in [-0.4, -0.2) is 36.8 Å². The monoisotopic (exact) mass is 351 g/mol. The molecule has 1 aliphatic rings. The molecule has 0 atom stereocenters. The summed E-state index contributed by atoms with van der Waals surface area (Å²) >= 11 is 0.